The van der Waals surface area contributed by atoms with Gasteiger partial charge in [0, 0.05) is 13.1 Å². The van der Waals surface area contributed by atoms with Crippen molar-refractivity contribution in [2.45, 2.75) is 18.5 Å². The molecule has 3 aromatic rings. The second-order valence-electron chi connectivity index (χ2n) is 8.67. The standard InChI is InChI=1S/C27H24N4O6/c1-2-24(32)31-17-14-18(31)16-30(15-17)23-13-12-22(25(33)29-27(34)35)26(28-23)37-21-10-8-20(9-11-21)36-19-6-4-3-5-7-19/h2-13,17-18H,1,14-16H2,(H,29,33)(H,34,35). The highest BCUT2D eigenvalue weighted by Gasteiger charge is 2.46. The number of anilines is 1. The molecule has 0 spiro atoms. The van der Waals surface area contributed by atoms with E-state index in [2.05, 4.69) is 11.6 Å². The van der Waals surface area contributed by atoms with E-state index in [-0.39, 0.29) is 29.4 Å². The topological polar surface area (TPSA) is 121 Å². The van der Waals surface area contributed by atoms with Crippen LogP contribution in [0.2, 0.25) is 0 Å². The first-order valence-electron chi connectivity index (χ1n) is 11.7. The van der Waals surface area contributed by atoms with Crippen LogP contribution in [0.25, 0.3) is 0 Å². The number of nitrogens with zero attached hydrogens (tertiary/aromatic N) is 3. The van der Waals surface area contributed by atoms with Gasteiger partial charge in [-0.3, -0.25) is 14.9 Å². The number of carbonyl (C=O) groups excluding carboxylic acids is 2. The lowest BCUT2D eigenvalue weighted by atomic mass is 9.87. The number of carboxylic acid groups (broad SMARTS) is 1. The quantitative estimate of drug-likeness (QED) is 0.466. The molecule has 3 saturated heterocycles. The van der Waals surface area contributed by atoms with Crippen molar-refractivity contribution >= 4 is 23.7 Å². The maximum absolute atomic E-state index is 12.5. The van der Waals surface area contributed by atoms with E-state index in [9.17, 15) is 14.4 Å². The van der Waals surface area contributed by atoms with Gasteiger partial charge in [-0.1, -0.05) is 24.8 Å². The zero-order chi connectivity index (χ0) is 25.9. The number of ether oxygens (including phenoxy) is 2. The van der Waals surface area contributed by atoms with Gasteiger partial charge in [-0.15, -0.1) is 0 Å². The number of piperidine rings is 1. The molecule has 1 aromatic heterocycles. The van der Waals surface area contributed by atoms with E-state index >= 15 is 0 Å². The molecular formula is C27H24N4O6. The van der Waals surface area contributed by atoms with Gasteiger partial charge < -0.3 is 24.4 Å². The van der Waals surface area contributed by atoms with Crippen LogP contribution in [0.4, 0.5) is 10.6 Å². The van der Waals surface area contributed by atoms with Gasteiger partial charge in [0.05, 0.1) is 12.1 Å². The fourth-order valence-electron chi connectivity index (χ4n) is 4.60. The fourth-order valence-corrected chi connectivity index (χ4v) is 4.60. The Morgan fingerprint density at radius 3 is 2.16 bits per heavy atom. The molecule has 37 heavy (non-hydrogen) atoms. The molecule has 6 rings (SSSR count). The molecule has 0 aliphatic carbocycles. The highest BCUT2D eigenvalue weighted by Crippen LogP contribution is 2.36. The first kappa shape index (κ1) is 23.9. The number of fused-ring (bicyclic) bond motifs is 2. The molecule has 2 N–H and O–H groups in total. The molecule has 0 saturated carbocycles. The second-order valence-corrected chi connectivity index (χ2v) is 8.67. The number of carbonyl (C=O) groups is 3. The number of hydrogen-bond donors (Lipinski definition) is 2. The highest BCUT2D eigenvalue weighted by molar-refractivity contribution is 6.04. The van der Waals surface area contributed by atoms with Crippen LogP contribution in [-0.2, 0) is 4.79 Å². The number of nitrogens with one attached hydrogen (secondary N) is 1. The molecule has 3 aliphatic rings. The molecule has 10 heteroatoms. The Kier molecular flexibility index (Phi) is 6.46. The minimum Gasteiger partial charge on any atom is -0.465 e. The van der Waals surface area contributed by atoms with Crippen LogP contribution < -0.4 is 19.7 Å². The van der Waals surface area contributed by atoms with Crippen molar-refractivity contribution in [1.82, 2.24) is 15.2 Å². The maximum Gasteiger partial charge on any atom is 0.411 e. The van der Waals surface area contributed by atoms with Crippen LogP contribution in [0.5, 0.6) is 23.1 Å². The van der Waals surface area contributed by atoms with Crippen molar-refractivity contribution in [2.24, 2.45) is 0 Å². The molecule has 3 amide bonds. The van der Waals surface area contributed by atoms with Crippen molar-refractivity contribution < 1.29 is 29.0 Å². The van der Waals surface area contributed by atoms with Gasteiger partial charge in [0.1, 0.15) is 28.6 Å². The Morgan fingerprint density at radius 1 is 0.919 bits per heavy atom. The molecule has 3 fully saturated rings. The highest BCUT2D eigenvalue weighted by atomic mass is 16.5. The van der Waals surface area contributed by atoms with Crippen LogP contribution in [0.15, 0.2) is 79.4 Å². The van der Waals surface area contributed by atoms with Gasteiger partial charge in [0.2, 0.25) is 11.8 Å². The lowest BCUT2D eigenvalue weighted by Crippen LogP contribution is -2.70. The summed E-state index contributed by atoms with van der Waals surface area (Å²) in [6.45, 7) is 4.73. The number of imide groups is 1. The zero-order valence-electron chi connectivity index (χ0n) is 19.7. The Bertz CT molecular complexity index is 1330. The predicted octanol–water partition coefficient (Wildman–Crippen LogP) is 4.05. The number of piperazine rings is 1. The van der Waals surface area contributed by atoms with Crippen LogP contribution in [0.1, 0.15) is 16.8 Å². The average Bonchev–Trinajstić information content (AvgIpc) is 2.90. The fraction of sp³-hybridized carbons (Fsp3) is 0.185. The summed E-state index contributed by atoms with van der Waals surface area (Å²) in [7, 11) is 0. The van der Waals surface area contributed by atoms with Gasteiger partial charge in [-0.05, 0) is 61.0 Å². The molecular weight excluding hydrogens is 476 g/mol. The molecule has 2 bridgehead atoms. The number of pyridine rings is 1. The van der Waals surface area contributed by atoms with Crippen molar-refractivity contribution in [3.05, 3.63) is 84.9 Å². The lowest BCUT2D eigenvalue weighted by Gasteiger charge is -2.56. The van der Waals surface area contributed by atoms with Crippen molar-refractivity contribution in [3.8, 4) is 23.1 Å². The minimum atomic E-state index is -1.48. The lowest BCUT2D eigenvalue weighted by molar-refractivity contribution is -0.140. The summed E-state index contributed by atoms with van der Waals surface area (Å²) in [4.78, 5) is 44.1. The average molecular weight is 501 g/mol. The monoisotopic (exact) mass is 500 g/mol. The molecule has 2 aromatic carbocycles. The van der Waals surface area contributed by atoms with Crippen LogP contribution in [0, 0.1) is 0 Å². The van der Waals surface area contributed by atoms with E-state index in [1.807, 2.05) is 45.4 Å². The van der Waals surface area contributed by atoms with E-state index in [0.717, 1.165) is 6.42 Å². The molecule has 2 atom stereocenters. The molecule has 188 valence electrons. The third kappa shape index (κ3) is 5.08. The Hall–Kier alpha value is -4.86. The molecule has 10 nitrogen and oxygen atoms in total. The van der Waals surface area contributed by atoms with Crippen molar-refractivity contribution in [3.63, 3.8) is 0 Å². The summed E-state index contributed by atoms with van der Waals surface area (Å²) in [5.74, 6) is 1.26. The van der Waals surface area contributed by atoms with E-state index in [0.29, 0.717) is 36.2 Å². The Labute approximate surface area is 212 Å². The summed E-state index contributed by atoms with van der Waals surface area (Å²) >= 11 is 0. The third-order valence-corrected chi connectivity index (χ3v) is 6.27. The first-order valence-corrected chi connectivity index (χ1v) is 11.7. The molecule has 3 aliphatic heterocycles. The zero-order valence-corrected chi connectivity index (χ0v) is 19.7. The Morgan fingerprint density at radius 2 is 1.54 bits per heavy atom. The summed E-state index contributed by atoms with van der Waals surface area (Å²) in [5.41, 5.74) is -0.0265. The number of benzene rings is 2. The first-order chi connectivity index (χ1) is 17.9. The third-order valence-electron chi connectivity index (χ3n) is 6.27. The van der Waals surface area contributed by atoms with E-state index in [4.69, 9.17) is 14.6 Å². The maximum atomic E-state index is 12.5. The van der Waals surface area contributed by atoms with Crippen LogP contribution >= 0.6 is 0 Å². The summed E-state index contributed by atoms with van der Waals surface area (Å²) in [6, 6.07) is 19.3. The summed E-state index contributed by atoms with van der Waals surface area (Å²) in [5, 5.41) is 10.8. The van der Waals surface area contributed by atoms with Crippen LogP contribution in [0.3, 0.4) is 0 Å². The van der Waals surface area contributed by atoms with Crippen molar-refractivity contribution in [1.29, 1.82) is 0 Å². The largest absolute Gasteiger partial charge is 0.465 e. The molecule has 2 unspecified atom stereocenters. The number of amides is 3. The van der Waals surface area contributed by atoms with E-state index < -0.39 is 12.0 Å². The number of para-hydroxylation sites is 1. The van der Waals surface area contributed by atoms with Crippen molar-refractivity contribution in [2.75, 3.05) is 18.0 Å². The van der Waals surface area contributed by atoms with Gasteiger partial charge in [0.25, 0.3) is 5.91 Å². The summed E-state index contributed by atoms with van der Waals surface area (Å²) < 4.78 is 11.7. The molecule has 4 heterocycles. The number of rotatable bonds is 7. The van der Waals surface area contributed by atoms with E-state index in [1.165, 1.54) is 12.1 Å². The predicted molar refractivity (Wildman–Crippen MR) is 134 cm³/mol. The SMILES string of the molecule is C=CC(=O)N1C2CC1CN(c1ccc(C(=O)NC(=O)O)c(Oc3ccc(Oc4ccccc4)cc3)n1)C2. The minimum absolute atomic E-state index is 0.0265. The summed E-state index contributed by atoms with van der Waals surface area (Å²) in [6.07, 6.45) is 0.756. The van der Waals surface area contributed by atoms with Gasteiger partial charge in [-0.25, -0.2) is 4.79 Å². The number of aromatic nitrogens is 1. The Balaban J connectivity index is 1.36. The smallest absolute Gasteiger partial charge is 0.411 e. The normalized spacial score (nSPS) is 17.8. The van der Waals surface area contributed by atoms with Crippen LogP contribution in [-0.4, -0.2) is 58.1 Å². The molecule has 0 radical (unpaired) electrons. The van der Waals surface area contributed by atoms with Gasteiger partial charge >= 0.3 is 6.09 Å². The second kappa shape index (κ2) is 10.0. The number of hydrogen-bond acceptors (Lipinski definition) is 7. The van der Waals surface area contributed by atoms with E-state index in [1.54, 1.807) is 30.3 Å². The van der Waals surface area contributed by atoms with Gasteiger partial charge in [-0.2, -0.15) is 4.98 Å². The van der Waals surface area contributed by atoms with Gasteiger partial charge in [0.15, 0.2) is 0 Å².